The summed E-state index contributed by atoms with van der Waals surface area (Å²) in [6.07, 6.45) is 5.58. The van der Waals surface area contributed by atoms with Crippen molar-refractivity contribution in [1.82, 2.24) is 9.38 Å². The summed E-state index contributed by atoms with van der Waals surface area (Å²) in [5.41, 5.74) is 7.70. The first-order valence-corrected chi connectivity index (χ1v) is 3.51. The van der Waals surface area contributed by atoms with Crippen LogP contribution >= 0.6 is 24.8 Å². The maximum Gasteiger partial charge on any atom is 0.0992 e. The minimum atomic E-state index is 0. The highest BCUT2D eigenvalue weighted by Crippen LogP contribution is 2.04. The van der Waals surface area contributed by atoms with Crippen LogP contribution in [0.25, 0.3) is 5.52 Å². The fourth-order valence-electron chi connectivity index (χ4n) is 1.09. The highest BCUT2D eigenvalue weighted by atomic mass is 35.5. The Morgan fingerprint density at radius 3 is 2.77 bits per heavy atom. The van der Waals surface area contributed by atoms with Crippen molar-refractivity contribution in [2.75, 3.05) is 0 Å². The molecule has 0 saturated heterocycles. The number of imidazole rings is 1. The van der Waals surface area contributed by atoms with Crippen molar-refractivity contribution < 1.29 is 0 Å². The Hall–Kier alpha value is -0.770. The lowest BCUT2D eigenvalue weighted by atomic mass is 10.3. The van der Waals surface area contributed by atoms with Gasteiger partial charge in [0, 0.05) is 12.7 Å². The fourth-order valence-corrected chi connectivity index (χ4v) is 1.09. The van der Waals surface area contributed by atoms with Gasteiger partial charge in [-0.2, -0.15) is 0 Å². The minimum absolute atomic E-state index is 0. The number of hydrogen-bond acceptors (Lipinski definition) is 2. The summed E-state index contributed by atoms with van der Waals surface area (Å²) >= 11 is 0. The van der Waals surface area contributed by atoms with E-state index in [1.165, 1.54) is 0 Å². The SMILES string of the molecule is Cl.Cl.NCc1ccc2cncn2c1. The topological polar surface area (TPSA) is 43.3 Å². The van der Waals surface area contributed by atoms with Crippen LogP contribution in [0.2, 0.25) is 0 Å². The number of aromatic nitrogens is 2. The molecular formula is C8H11Cl2N3. The number of fused-ring (bicyclic) bond motifs is 1. The van der Waals surface area contributed by atoms with E-state index in [1.54, 1.807) is 6.33 Å². The molecule has 0 aliphatic rings. The number of nitrogens with two attached hydrogens (primary N) is 1. The van der Waals surface area contributed by atoms with Gasteiger partial charge in [0.05, 0.1) is 18.0 Å². The summed E-state index contributed by atoms with van der Waals surface area (Å²) < 4.78 is 1.96. The van der Waals surface area contributed by atoms with E-state index in [0.29, 0.717) is 6.54 Å². The molecule has 2 aromatic rings. The maximum absolute atomic E-state index is 5.48. The van der Waals surface area contributed by atoms with Crippen LogP contribution in [0.3, 0.4) is 0 Å². The first kappa shape index (κ1) is 12.2. The van der Waals surface area contributed by atoms with Gasteiger partial charge >= 0.3 is 0 Å². The van der Waals surface area contributed by atoms with Gasteiger partial charge in [0.25, 0.3) is 0 Å². The lowest BCUT2D eigenvalue weighted by molar-refractivity contribution is 1.02. The van der Waals surface area contributed by atoms with Crippen molar-refractivity contribution in [2.45, 2.75) is 6.54 Å². The van der Waals surface area contributed by atoms with Gasteiger partial charge < -0.3 is 10.1 Å². The maximum atomic E-state index is 5.48. The zero-order chi connectivity index (χ0) is 7.68. The summed E-state index contributed by atoms with van der Waals surface area (Å²) in [5.74, 6) is 0. The van der Waals surface area contributed by atoms with Crippen molar-refractivity contribution in [3.05, 3.63) is 36.4 Å². The van der Waals surface area contributed by atoms with Gasteiger partial charge in [-0.1, -0.05) is 6.07 Å². The third-order valence-corrected chi connectivity index (χ3v) is 1.70. The summed E-state index contributed by atoms with van der Waals surface area (Å²) in [7, 11) is 0. The third kappa shape index (κ3) is 2.34. The van der Waals surface area contributed by atoms with E-state index >= 15 is 0 Å². The molecule has 0 aliphatic carbocycles. The smallest absolute Gasteiger partial charge is 0.0992 e. The zero-order valence-corrected chi connectivity index (χ0v) is 8.52. The average Bonchev–Trinajstić information content (AvgIpc) is 2.50. The molecule has 0 bridgehead atoms. The van der Waals surface area contributed by atoms with E-state index in [2.05, 4.69) is 4.98 Å². The van der Waals surface area contributed by atoms with Crippen LogP contribution < -0.4 is 5.73 Å². The Labute approximate surface area is 88.8 Å². The molecule has 0 aliphatic heterocycles. The fraction of sp³-hybridized carbons (Fsp3) is 0.125. The molecule has 0 radical (unpaired) electrons. The lowest BCUT2D eigenvalue weighted by Crippen LogP contribution is -1.97. The molecule has 72 valence electrons. The van der Waals surface area contributed by atoms with E-state index < -0.39 is 0 Å². The largest absolute Gasteiger partial charge is 0.326 e. The highest BCUT2D eigenvalue weighted by Gasteiger charge is 1.92. The number of halogens is 2. The molecule has 5 heteroatoms. The molecule has 2 aromatic heterocycles. The average molecular weight is 220 g/mol. The van der Waals surface area contributed by atoms with Crippen LogP contribution in [0.4, 0.5) is 0 Å². The van der Waals surface area contributed by atoms with E-state index in [1.807, 2.05) is 28.9 Å². The standard InChI is InChI=1S/C8H9N3.2ClH/c9-3-7-1-2-8-4-10-6-11(8)5-7;;/h1-2,4-6H,3,9H2;2*1H. The van der Waals surface area contributed by atoms with Crippen molar-refractivity contribution >= 4 is 30.3 Å². The number of nitrogens with zero attached hydrogens (tertiary/aromatic N) is 2. The van der Waals surface area contributed by atoms with Crippen LogP contribution in [0.5, 0.6) is 0 Å². The van der Waals surface area contributed by atoms with E-state index in [0.717, 1.165) is 11.1 Å². The molecule has 0 amide bonds. The van der Waals surface area contributed by atoms with Crippen molar-refractivity contribution in [2.24, 2.45) is 5.73 Å². The monoisotopic (exact) mass is 219 g/mol. The Balaban J connectivity index is 0.000000720. The third-order valence-electron chi connectivity index (χ3n) is 1.70. The second-order valence-corrected chi connectivity index (χ2v) is 2.47. The second-order valence-electron chi connectivity index (χ2n) is 2.47. The van der Waals surface area contributed by atoms with E-state index in [9.17, 15) is 0 Å². The Bertz CT molecular complexity index is 372. The Kier molecular flexibility index (Phi) is 4.77. The highest BCUT2D eigenvalue weighted by molar-refractivity contribution is 5.85. The molecule has 0 aromatic carbocycles. The van der Waals surface area contributed by atoms with Crippen LogP contribution in [0.15, 0.2) is 30.9 Å². The van der Waals surface area contributed by atoms with Gasteiger partial charge in [-0.05, 0) is 11.6 Å². The molecule has 0 atom stereocenters. The van der Waals surface area contributed by atoms with Gasteiger partial charge in [-0.25, -0.2) is 4.98 Å². The molecular weight excluding hydrogens is 209 g/mol. The van der Waals surface area contributed by atoms with Gasteiger partial charge in [0.1, 0.15) is 0 Å². The lowest BCUT2D eigenvalue weighted by Gasteiger charge is -1.96. The molecule has 0 unspecified atom stereocenters. The summed E-state index contributed by atoms with van der Waals surface area (Å²) in [4.78, 5) is 4.00. The summed E-state index contributed by atoms with van der Waals surface area (Å²) in [5, 5.41) is 0. The van der Waals surface area contributed by atoms with Gasteiger partial charge in [-0.3, -0.25) is 0 Å². The predicted octanol–water partition coefficient (Wildman–Crippen LogP) is 1.64. The Morgan fingerprint density at radius 1 is 1.31 bits per heavy atom. The van der Waals surface area contributed by atoms with Gasteiger partial charge in [-0.15, -0.1) is 24.8 Å². The van der Waals surface area contributed by atoms with Crippen molar-refractivity contribution in [3.63, 3.8) is 0 Å². The van der Waals surface area contributed by atoms with Crippen LogP contribution in [-0.4, -0.2) is 9.38 Å². The van der Waals surface area contributed by atoms with Crippen molar-refractivity contribution in [3.8, 4) is 0 Å². The van der Waals surface area contributed by atoms with Crippen LogP contribution in [0.1, 0.15) is 5.56 Å². The van der Waals surface area contributed by atoms with Crippen LogP contribution in [0, 0.1) is 0 Å². The quantitative estimate of drug-likeness (QED) is 0.793. The van der Waals surface area contributed by atoms with Crippen molar-refractivity contribution in [1.29, 1.82) is 0 Å². The van der Waals surface area contributed by atoms with Gasteiger partial charge in [0.2, 0.25) is 0 Å². The molecule has 0 saturated carbocycles. The molecule has 2 N–H and O–H groups in total. The molecule has 0 spiro atoms. The van der Waals surface area contributed by atoms with Crippen LogP contribution in [-0.2, 0) is 6.54 Å². The number of rotatable bonds is 1. The molecule has 13 heavy (non-hydrogen) atoms. The number of pyridine rings is 1. The van der Waals surface area contributed by atoms with E-state index in [-0.39, 0.29) is 24.8 Å². The first-order valence-electron chi connectivity index (χ1n) is 3.51. The summed E-state index contributed by atoms with van der Waals surface area (Å²) in [6, 6.07) is 4.02. The first-order chi connectivity index (χ1) is 5.40. The number of hydrogen-bond donors (Lipinski definition) is 1. The molecule has 2 heterocycles. The summed E-state index contributed by atoms with van der Waals surface area (Å²) in [6.45, 7) is 0.577. The zero-order valence-electron chi connectivity index (χ0n) is 6.88. The van der Waals surface area contributed by atoms with Gasteiger partial charge in [0.15, 0.2) is 0 Å². The predicted molar refractivity (Wildman–Crippen MR) is 57.6 cm³/mol. The Morgan fingerprint density at radius 2 is 2.08 bits per heavy atom. The second kappa shape index (κ2) is 5.07. The molecule has 0 fully saturated rings. The molecule has 3 nitrogen and oxygen atoms in total. The molecule has 2 rings (SSSR count). The minimum Gasteiger partial charge on any atom is -0.326 e. The van der Waals surface area contributed by atoms with E-state index in [4.69, 9.17) is 5.73 Å². The normalized spacial score (nSPS) is 9.00.